The van der Waals surface area contributed by atoms with E-state index in [0.29, 0.717) is 44.2 Å². The summed E-state index contributed by atoms with van der Waals surface area (Å²) in [5.41, 5.74) is 7.36. The van der Waals surface area contributed by atoms with Gasteiger partial charge in [0, 0.05) is 50.7 Å². The maximum atomic E-state index is 12.4. The monoisotopic (exact) mass is 315 g/mol. The number of aliphatic hydroxyl groups is 1. The molecule has 7 heteroatoms. The number of aromatic amines is 1. The number of anilines is 1. The Labute approximate surface area is 134 Å². The van der Waals surface area contributed by atoms with Crippen molar-refractivity contribution in [3.8, 4) is 0 Å². The zero-order valence-electron chi connectivity index (χ0n) is 12.9. The molecule has 4 N–H and O–H groups in total. The second-order valence-electron chi connectivity index (χ2n) is 5.77. The predicted octanol–water partition coefficient (Wildman–Crippen LogP) is 0.311. The summed E-state index contributed by atoms with van der Waals surface area (Å²) in [6.45, 7) is 2.69. The number of rotatable bonds is 3. The van der Waals surface area contributed by atoms with Crippen molar-refractivity contribution in [3.05, 3.63) is 47.9 Å². The van der Waals surface area contributed by atoms with Gasteiger partial charge < -0.3 is 20.7 Å². The molecule has 0 aromatic carbocycles. The van der Waals surface area contributed by atoms with Gasteiger partial charge in [0.2, 0.25) is 0 Å². The average Bonchev–Trinajstić information content (AvgIpc) is 3.00. The Morgan fingerprint density at radius 2 is 2.22 bits per heavy atom. The van der Waals surface area contributed by atoms with Crippen LogP contribution in [-0.4, -0.2) is 63.1 Å². The molecule has 1 aliphatic rings. The van der Waals surface area contributed by atoms with Gasteiger partial charge in [-0.25, -0.2) is 4.98 Å². The molecule has 0 spiro atoms. The third kappa shape index (κ3) is 3.69. The molecule has 1 fully saturated rings. The Bertz CT molecular complexity index is 658. The van der Waals surface area contributed by atoms with Crippen LogP contribution in [0.3, 0.4) is 0 Å². The van der Waals surface area contributed by atoms with E-state index in [1.807, 2.05) is 12.1 Å². The molecule has 0 bridgehead atoms. The number of nitrogens with zero attached hydrogens (tertiary/aromatic N) is 3. The van der Waals surface area contributed by atoms with E-state index >= 15 is 0 Å². The highest BCUT2D eigenvalue weighted by atomic mass is 16.3. The first kappa shape index (κ1) is 15.5. The van der Waals surface area contributed by atoms with Gasteiger partial charge in [0.1, 0.15) is 11.5 Å². The third-order valence-electron chi connectivity index (χ3n) is 4.02. The standard InChI is InChI=1S/C16H21N5O2/c17-15-12(3-1-6-19-15)9-20-7-8-21(11-13(22)10-20)16(23)14-4-2-5-18-14/h1-6,13,18,22H,7-11H2,(H2,17,19)/t13-/m0/s1. The van der Waals surface area contributed by atoms with Gasteiger partial charge in [0.05, 0.1) is 6.10 Å². The van der Waals surface area contributed by atoms with Gasteiger partial charge in [-0.1, -0.05) is 6.07 Å². The molecule has 0 radical (unpaired) electrons. The highest BCUT2D eigenvalue weighted by Gasteiger charge is 2.25. The van der Waals surface area contributed by atoms with E-state index in [4.69, 9.17) is 5.73 Å². The Kier molecular flexibility index (Phi) is 4.59. The van der Waals surface area contributed by atoms with Gasteiger partial charge in [-0.15, -0.1) is 0 Å². The maximum absolute atomic E-state index is 12.4. The summed E-state index contributed by atoms with van der Waals surface area (Å²) in [5, 5.41) is 10.2. The maximum Gasteiger partial charge on any atom is 0.270 e. The van der Waals surface area contributed by atoms with Gasteiger partial charge in [-0.2, -0.15) is 0 Å². The molecule has 1 atom stereocenters. The van der Waals surface area contributed by atoms with E-state index in [-0.39, 0.29) is 5.91 Å². The fourth-order valence-corrected chi connectivity index (χ4v) is 2.84. The second-order valence-corrected chi connectivity index (χ2v) is 5.77. The topological polar surface area (TPSA) is 98.5 Å². The number of β-amino-alcohol motifs (C(OH)–C–C–N with tert-alkyl or cyclic N) is 1. The number of carbonyl (C=O) groups excluding carboxylic acids is 1. The van der Waals surface area contributed by atoms with Crippen LogP contribution < -0.4 is 5.73 Å². The minimum Gasteiger partial charge on any atom is -0.390 e. The normalized spacial score (nSPS) is 19.5. The van der Waals surface area contributed by atoms with E-state index in [0.717, 1.165) is 5.56 Å². The lowest BCUT2D eigenvalue weighted by atomic mass is 10.2. The lowest BCUT2D eigenvalue weighted by Crippen LogP contribution is -2.37. The lowest BCUT2D eigenvalue weighted by Gasteiger charge is -2.21. The Balaban J connectivity index is 1.66. The van der Waals surface area contributed by atoms with Gasteiger partial charge in [0.25, 0.3) is 5.91 Å². The summed E-state index contributed by atoms with van der Waals surface area (Å²) in [4.78, 5) is 23.2. The molecule has 2 aromatic heterocycles. The number of amides is 1. The van der Waals surface area contributed by atoms with Crippen LogP contribution in [-0.2, 0) is 6.54 Å². The van der Waals surface area contributed by atoms with Crippen molar-refractivity contribution in [1.29, 1.82) is 0 Å². The number of H-pyrrole nitrogens is 1. The molecule has 2 aromatic rings. The number of carbonyl (C=O) groups is 1. The average molecular weight is 315 g/mol. The first-order valence-corrected chi connectivity index (χ1v) is 7.66. The summed E-state index contributed by atoms with van der Waals surface area (Å²) in [6.07, 6.45) is 2.79. The van der Waals surface area contributed by atoms with Crippen molar-refractivity contribution in [2.24, 2.45) is 0 Å². The summed E-state index contributed by atoms with van der Waals surface area (Å²) >= 11 is 0. The molecule has 1 aliphatic heterocycles. The van der Waals surface area contributed by atoms with Gasteiger partial charge in [-0.3, -0.25) is 9.69 Å². The third-order valence-corrected chi connectivity index (χ3v) is 4.02. The number of hydrogen-bond acceptors (Lipinski definition) is 5. The molecular weight excluding hydrogens is 294 g/mol. The Hall–Kier alpha value is -2.38. The molecule has 7 nitrogen and oxygen atoms in total. The van der Waals surface area contributed by atoms with Crippen LogP contribution in [0.2, 0.25) is 0 Å². The number of aromatic nitrogens is 2. The first-order chi connectivity index (χ1) is 11.1. The summed E-state index contributed by atoms with van der Waals surface area (Å²) < 4.78 is 0. The molecule has 3 rings (SSSR count). The minimum absolute atomic E-state index is 0.0863. The van der Waals surface area contributed by atoms with Crippen LogP contribution in [0.5, 0.6) is 0 Å². The molecule has 0 unspecified atom stereocenters. The van der Waals surface area contributed by atoms with Crippen molar-refractivity contribution < 1.29 is 9.90 Å². The van der Waals surface area contributed by atoms with Crippen molar-refractivity contribution in [2.45, 2.75) is 12.6 Å². The summed E-state index contributed by atoms with van der Waals surface area (Å²) in [6, 6.07) is 7.31. The van der Waals surface area contributed by atoms with E-state index in [9.17, 15) is 9.90 Å². The molecule has 0 saturated carbocycles. The number of nitrogen functional groups attached to an aromatic ring is 1. The Morgan fingerprint density at radius 1 is 1.35 bits per heavy atom. The van der Waals surface area contributed by atoms with Crippen molar-refractivity contribution in [3.63, 3.8) is 0 Å². The number of hydrogen-bond donors (Lipinski definition) is 3. The molecule has 3 heterocycles. The van der Waals surface area contributed by atoms with Crippen molar-refractivity contribution in [1.82, 2.24) is 19.8 Å². The molecule has 1 saturated heterocycles. The van der Waals surface area contributed by atoms with Crippen LogP contribution in [0.1, 0.15) is 16.1 Å². The quantitative estimate of drug-likeness (QED) is 0.757. The molecular formula is C16H21N5O2. The summed E-state index contributed by atoms with van der Waals surface area (Å²) in [7, 11) is 0. The first-order valence-electron chi connectivity index (χ1n) is 7.66. The minimum atomic E-state index is -0.589. The van der Waals surface area contributed by atoms with E-state index in [2.05, 4.69) is 14.9 Å². The van der Waals surface area contributed by atoms with Crippen LogP contribution >= 0.6 is 0 Å². The van der Waals surface area contributed by atoms with Crippen LogP contribution in [0.4, 0.5) is 5.82 Å². The fourth-order valence-electron chi connectivity index (χ4n) is 2.84. The van der Waals surface area contributed by atoms with Gasteiger partial charge in [0.15, 0.2) is 0 Å². The van der Waals surface area contributed by atoms with E-state index in [1.165, 1.54) is 0 Å². The molecule has 23 heavy (non-hydrogen) atoms. The SMILES string of the molecule is Nc1ncccc1CN1CCN(C(=O)c2ccc[nH]2)C[C@@H](O)C1. The van der Waals surface area contributed by atoms with Crippen LogP contribution in [0.15, 0.2) is 36.7 Å². The Morgan fingerprint density at radius 3 is 2.96 bits per heavy atom. The zero-order valence-corrected chi connectivity index (χ0v) is 12.9. The van der Waals surface area contributed by atoms with Gasteiger partial charge in [-0.05, 0) is 18.2 Å². The number of aliphatic hydroxyl groups excluding tert-OH is 1. The molecule has 122 valence electrons. The van der Waals surface area contributed by atoms with Crippen LogP contribution in [0, 0.1) is 0 Å². The summed E-state index contributed by atoms with van der Waals surface area (Å²) in [5.74, 6) is 0.419. The highest BCUT2D eigenvalue weighted by molar-refractivity contribution is 5.92. The largest absolute Gasteiger partial charge is 0.390 e. The lowest BCUT2D eigenvalue weighted by molar-refractivity contribution is 0.0658. The van der Waals surface area contributed by atoms with Crippen molar-refractivity contribution in [2.75, 3.05) is 31.9 Å². The smallest absolute Gasteiger partial charge is 0.270 e. The zero-order chi connectivity index (χ0) is 16.2. The van der Waals surface area contributed by atoms with Gasteiger partial charge >= 0.3 is 0 Å². The predicted molar refractivity (Wildman–Crippen MR) is 86.6 cm³/mol. The van der Waals surface area contributed by atoms with E-state index < -0.39 is 6.10 Å². The highest BCUT2D eigenvalue weighted by Crippen LogP contribution is 2.14. The number of nitrogens with two attached hydrogens (primary N) is 1. The second kappa shape index (κ2) is 6.80. The molecule has 0 aliphatic carbocycles. The fraction of sp³-hybridized carbons (Fsp3) is 0.375. The molecule has 1 amide bonds. The van der Waals surface area contributed by atoms with Crippen LogP contribution in [0.25, 0.3) is 0 Å². The number of nitrogens with one attached hydrogen (secondary N) is 1. The van der Waals surface area contributed by atoms with Crippen molar-refractivity contribution >= 4 is 11.7 Å². The number of pyridine rings is 1. The van der Waals surface area contributed by atoms with E-state index in [1.54, 1.807) is 29.4 Å².